The highest BCUT2D eigenvalue weighted by Gasteiger charge is 2.28. The molecule has 3 rings (SSSR count). The molecule has 0 radical (unpaired) electrons. The van der Waals surface area contributed by atoms with E-state index in [1.165, 1.54) is 13.2 Å². The van der Waals surface area contributed by atoms with Crippen LogP contribution in [-0.4, -0.2) is 52.8 Å². The Morgan fingerprint density at radius 1 is 1.11 bits per heavy atom. The van der Waals surface area contributed by atoms with E-state index in [1.54, 1.807) is 30.3 Å². The lowest BCUT2D eigenvalue weighted by atomic mass is 10.2. The van der Waals surface area contributed by atoms with Gasteiger partial charge in [0, 0.05) is 24.3 Å². The van der Waals surface area contributed by atoms with Gasteiger partial charge in [-0.2, -0.15) is 0 Å². The van der Waals surface area contributed by atoms with E-state index < -0.39 is 21.6 Å². The molecule has 8 nitrogen and oxygen atoms in total. The first kappa shape index (κ1) is 19.7. The molecule has 148 valence electrons. The van der Waals surface area contributed by atoms with Crippen molar-refractivity contribution in [2.24, 2.45) is 5.73 Å². The second kappa shape index (κ2) is 7.89. The van der Waals surface area contributed by atoms with Gasteiger partial charge in [-0.1, -0.05) is 12.1 Å². The summed E-state index contributed by atoms with van der Waals surface area (Å²) in [6.07, 6.45) is 0. The van der Waals surface area contributed by atoms with Crippen LogP contribution in [0.2, 0.25) is 0 Å². The Kier molecular flexibility index (Phi) is 5.55. The van der Waals surface area contributed by atoms with Gasteiger partial charge in [0.15, 0.2) is 15.6 Å². The van der Waals surface area contributed by atoms with Gasteiger partial charge in [0.1, 0.15) is 5.84 Å². The van der Waals surface area contributed by atoms with Gasteiger partial charge in [-0.3, -0.25) is 10.2 Å². The van der Waals surface area contributed by atoms with E-state index in [-0.39, 0.29) is 10.7 Å². The molecule has 0 aromatic heterocycles. The number of methoxy groups -OCH3 is 1. The van der Waals surface area contributed by atoms with E-state index in [1.807, 2.05) is 17.0 Å². The lowest BCUT2D eigenvalue weighted by Crippen LogP contribution is -2.27. The van der Waals surface area contributed by atoms with Crippen LogP contribution >= 0.6 is 0 Å². The molecule has 0 atom stereocenters. The van der Waals surface area contributed by atoms with Gasteiger partial charge in [0.25, 0.3) is 0 Å². The quantitative estimate of drug-likeness (QED) is 0.424. The lowest BCUT2D eigenvalue weighted by Gasteiger charge is -2.23. The number of anilines is 2. The fourth-order valence-corrected chi connectivity index (χ4v) is 4.51. The summed E-state index contributed by atoms with van der Waals surface area (Å²) >= 11 is 0. The molecule has 1 fully saturated rings. The van der Waals surface area contributed by atoms with Gasteiger partial charge in [-0.25, -0.2) is 8.42 Å². The second-order valence-corrected chi connectivity index (χ2v) is 8.39. The van der Waals surface area contributed by atoms with Crippen LogP contribution in [0.25, 0.3) is 0 Å². The minimum Gasteiger partial charge on any atom is -0.468 e. The molecule has 0 unspecified atom stereocenters. The number of ether oxygens (including phenoxy) is 1. The molecule has 3 N–H and O–H groups in total. The minimum atomic E-state index is -3.81. The lowest BCUT2D eigenvalue weighted by molar-refractivity contribution is -0.137. The summed E-state index contributed by atoms with van der Waals surface area (Å²) in [5.41, 5.74) is 7.67. The molecule has 1 heterocycles. The van der Waals surface area contributed by atoms with Gasteiger partial charge >= 0.3 is 5.97 Å². The van der Waals surface area contributed by atoms with Crippen molar-refractivity contribution in [2.75, 3.05) is 42.4 Å². The highest BCUT2D eigenvalue weighted by molar-refractivity contribution is 7.92. The zero-order valence-electron chi connectivity index (χ0n) is 15.5. The van der Waals surface area contributed by atoms with Gasteiger partial charge in [0.05, 0.1) is 24.4 Å². The highest BCUT2D eigenvalue weighted by atomic mass is 32.2. The second-order valence-electron chi connectivity index (χ2n) is 6.43. The number of rotatable bonds is 6. The van der Waals surface area contributed by atoms with Crippen molar-refractivity contribution in [3.05, 3.63) is 54.1 Å². The third-order valence-electron chi connectivity index (χ3n) is 4.60. The number of carbonyl (C=O) groups is 1. The largest absolute Gasteiger partial charge is 0.468 e. The SMILES string of the molecule is COC(=O)CS(=O)(=O)c1ccccc1N1CCN(c2ccc(C(=N)N)cc2)C1. The summed E-state index contributed by atoms with van der Waals surface area (Å²) < 4.78 is 29.8. The van der Waals surface area contributed by atoms with Gasteiger partial charge < -0.3 is 20.3 Å². The molecule has 0 spiro atoms. The number of nitrogen functional groups attached to an aromatic ring is 1. The Morgan fingerprint density at radius 3 is 2.39 bits per heavy atom. The number of hydrogen-bond donors (Lipinski definition) is 2. The van der Waals surface area contributed by atoms with E-state index in [0.29, 0.717) is 31.0 Å². The molecule has 2 aromatic carbocycles. The van der Waals surface area contributed by atoms with Crippen molar-refractivity contribution in [3.63, 3.8) is 0 Å². The number of nitrogens with zero attached hydrogens (tertiary/aromatic N) is 2. The average Bonchev–Trinajstić information content (AvgIpc) is 3.17. The Hall–Kier alpha value is -3.07. The zero-order valence-corrected chi connectivity index (χ0v) is 16.3. The molecule has 1 saturated heterocycles. The number of esters is 1. The molecule has 0 aliphatic carbocycles. The van der Waals surface area contributed by atoms with E-state index in [0.717, 1.165) is 5.69 Å². The summed E-state index contributed by atoms with van der Waals surface area (Å²) in [6.45, 7) is 1.86. The Balaban J connectivity index is 1.82. The predicted octanol–water partition coefficient (Wildman–Crippen LogP) is 1.20. The number of para-hydroxylation sites is 1. The van der Waals surface area contributed by atoms with Crippen LogP contribution in [0.15, 0.2) is 53.4 Å². The van der Waals surface area contributed by atoms with Crippen LogP contribution < -0.4 is 15.5 Å². The van der Waals surface area contributed by atoms with Crippen molar-refractivity contribution >= 4 is 33.0 Å². The number of sulfone groups is 1. The molecular weight excluding hydrogens is 380 g/mol. The van der Waals surface area contributed by atoms with Gasteiger partial charge in [-0.05, 0) is 36.4 Å². The summed E-state index contributed by atoms with van der Waals surface area (Å²) in [7, 11) is -2.64. The highest BCUT2D eigenvalue weighted by Crippen LogP contribution is 2.29. The average molecular weight is 402 g/mol. The van der Waals surface area contributed by atoms with Crippen LogP contribution in [0.4, 0.5) is 11.4 Å². The zero-order chi connectivity index (χ0) is 20.3. The molecule has 0 bridgehead atoms. The van der Waals surface area contributed by atoms with E-state index in [9.17, 15) is 13.2 Å². The summed E-state index contributed by atoms with van der Waals surface area (Å²) in [5.74, 6) is -1.47. The molecule has 0 saturated carbocycles. The van der Waals surface area contributed by atoms with Crippen LogP contribution in [0, 0.1) is 5.41 Å². The topological polar surface area (TPSA) is 117 Å². The first-order valence-electron chi connectivity index (χ1n) is 8.65. The van der Waals surface area contributed by atoms with E-state index in [2.05, 4.69) is 9.64 Å². The first-order chi connectivity index (χ1) is 13.3. The van der Waals surface area contributed by atoms with Crippen molar-refractivity contribution < 1.29 is 17.9 Å². The number of benzene rings is 2. The first-order valence-corrected chi connectivity index (χ1v) is 10.3. The Bertz CT molecular complexity index is 989. The van der Waals surface area contributed by atoms with Crippen molar-refractivity contribution in [2.45, 2.75) is 4.90 Å². The number of hydrogen-bond acceptors (Lipinski definition) is 7. The van der Waals surface area contributed by atoms with Crippen LogP contribution in [0.3, 0.4) is 0 Å². The molecular formula is C19H22N4O4S. The van der Waals surface area contributed by atoms with Crippen molar-refractivity contribution in [1.82, 2.24) is 0 Å². The molecule has 1 aliphatic heterocycles. The Labute approximate surface area is 163 Å². The van der Waals surface area contributed by atoms with E-state index in [4.69, 9.17) is 11.1 Å². The van der Waals surface area contributed by atoms with Crippen LogP contribution in [0.1, 0.15) is 5.56 Å². The molecule has 2 aromatic rings. The van der Waals surface area contributed by atoms with E-state index >= 15 is 0 Å². The maximum Gasteiger partial charge on any atom is 0.321 e. The normalized spacial score (nSPS) is 14.2. The molecule has 9 heteroatoms. The molecule has 28 heavy (non-hydrogen) atoms. The predicted molar refractivity (Wildman–Crippen MR) is 108 cm³/mol. The van der Waals surface area contributed by atoms with Crippen LogP contribution in [0.5, 0.6) is 0 Å². The number of nitrogens with two attached hydrogens (primary N) is 1. The minimum absolute atomic E-state index is 0.0133. The maximum absolute atomic E-state index is 12.7. The fraction of sp³-hybridized carbons (Fsp3) is 0.263. The summed E-state index contributed by atoms with van der Waals surface area (Å²) in [5, 5.41) is 7.47. The monoisotopic (exact) mass is 402 g/mol. The van der Waals surface area contributed by atoms with Crippen molar-refractivity contribution in [1.29, 1.82) is 5.41 Å². The Morgan fingerprint density at radius 2 is 1.75 bits per heavy atom. The smallest absolute Gasteiger partial charge is 0.321 e. The summed E-state index contributed by atoms with van der Waals surface area (Å²) in [4.78, 5) is 15.7. The van der Waals surface area contributed by atoms with Crippen LogP contribution in [-0.2, 0) is 19.4 Å². The van der Waals surface area contributed by atoms with Crippen molar-refractivity contribution in [3.8, 4) is 0 Å². The maximum atomic E-state index is 12.7. The van der Waals surface area contributed by atoms with Gasteiger partial charge in [0.2, 0.25) is 0 Å². The standard InChI is InChI=1S/C19H22N4O4S/c1-27-18(24)12-28(25,26)17-5-3-2-4-16(17)23-11-10-22(13-23)15-8-6-14(7-9-15)19(20)21/h2-9H,10-13H2,1H3,(H3,20,21). The third kappa shape index (κ3) is 4.09. The number of amidine groups is 1. The number of nitrogens with one attached hydrogen (secondary N) is 1. The van der Waals surface area contributed by atoms with Gasteiger partial charge in [-0.15, -0.1) is 0 Å². The molecule has 1 aliphatic rings. The number of carbonyl (C=O) groups excluding carboxylic acids is 1. The summed E-state index contributed by atoms with van der Waals surface area (Å²) in [6, 6.07) is 14.0. The molecule has 0 amide bonds. The fourth-order valence-electron chi connectivity index (χ4n) is 3.12. The third-order valence-corrected chi connectivity index (χ3v) is 6.23.